The van der Waals surface area contributed by atoms with Crippen molar-refractivity contribution in [2.24, 2.45) is 16.7 Å². The summed E-state index contributed by atoms with van der Waals surface area (Å²) in [5.41, 5.74) is 1.73. The largest absolute Gasteiger partial charge is 0.465 e. The Morgan fingerprint density at radius 2 is 1.70 bits per heavy atom. The first-order valence-electron chi connectivity index (χ1n) is 11.3. The van der Waals surface area contributed by atoms with Crippen molar-refractivity contribution in [2.75, 3.05) is 17.7 Å². The molecule has 178 valence electrons. The van der Waals surface area contributed by atoms with Gasteiger partial charge in [-0.3, -0.25) is 9.59 Å². The molecule has 0 spiro atoms. The maximum atomic E-state index is 13.5. The van der Waals surface area contributed by atoms with E-state index in [9.17, 15) is 14.4 Å². The number of thiophene rings is 1. The Kier molecular flexibility index (Phi) is 7.03. The van der Waals surface area contributed by atoms with E-state index in [0.29, 0.717) is 22.2 Å². The number of rotatable bonds is 4. The summed E-state index contributed by atoms with van der Waals surface area (Å²) in [6, 6.07) is 6.75. The van der Waals surface area contributed by atoms with Gasteiger partial charge in [-0.25, -0.2) is 4.79 Å². The number of carbonyl (C=O) groups excluding carboxylic acids is 3. The van der Waals surface area contributed by atoms with Gasteiger partial charge in [0.05, 0.1) is 23.9 Å². The van der Waals surface area contributed by atoms with Gasteiger partial charge in [0.15, 0.2) is 0 Å². The highest BCUT2D eigenvalue weighted by atomic mass is 32.1. The number of anilines is 2. The van der Waals surface area contributed by atoms with Gasteiger partial charge in [-0.05, 0) is 48.3 Å². The minimum absolute atomic E-state index is 0.141. The minimum atomic E-state index is -0.594. The van der Waals surface area contributed by atoms with E-state index in [0.717, 1.165) is 29.7 Å². The van der Waals surface area contributed by atoms with Crippen molar-refractivity contribution in [3.8, 4) is 0 Å². The molecule has 1 unspecified atom stereocenters. The van der Waals surface area contributed by atoms with Gasteiger partial charge in [-0.2, -0.15) is 0 Å². The number of para-hydroxylation sites is 1. The van der Waals surface area contributed by atoms with Crippen LogP contribution in [0.2, 0.25) is 0 Å². The number of ether oxygens (including phenoxy) is 1. The molecule has 0 saturated carbocycles. The highest BCUT2D eigenvalue weighted by Gasteiger charge is 2.35. The van der Waals surface area contributed by atoms with Crippen LogP contribution in [0.1, 0.15) is 79.1 Å². The molecular weight excluding hydrogens is 436 g/mol. The van der Waals surface area contributed by atoms with E-state index in [1.54, 1.807) is 24.3 Å². The molecule has 0 fully saturated rings. The fourth-order valence-electron chi connectivity index (χ4n) is 4.01. The fraction of sp³-hybridized carbons (Fsp3) is 0.500. The van der Waals surface area contributed by atoms with E-state index >= 15 is 0 Å². The SMILES string of the molecule is COC(=O)c1ccccc1NC(=O)c1c(NC(=O)C(C)(C)C)sc2c1CCC(C(C)(C)C)C2. The Labute approximate surface area is 200 Å². The van der Waals surface area contributed by atoms with Crippen molar-refractivity contribution in [2.45, 2.75) is 60.8 Å². The van der Waals surface area contributed by atoms with Gasteiger partial charge < -0.3 is 15.4 Å². The molecule has 6 nitrogen and oxygen atoms in total. The molecule has 1 aliphatic carbocycles. The van der Waals surface area contributed by atoms with Crippen LogP contribution < -0.4 is 10.6 Å². The first kappa shape index (κ1) is 25.0. The molecule has 2 N–H and O–H groups in total. The van der Waals surface area contributed by atoms with Crippen LogP contribution in [0.15, 0.2) is 24.3 Å². The monoisotopic (exact) mass is 470 g/mol. The van der Waals surface area contributed by atoms with Crippen LogP contribution in [-0.2, 0) is 22.4 Å². The molecule has 1 atom stereocenters. The van der Waals surface area contributed by atoms with Crippen molar-refractivity contribution >= 4 is 39.8 Å². The quantitative estimate of drug-likeness (QED) is 0.543. The van der Waals surface area contributed by atoms with E-state index in [1.807, 2.05) is 20.8 Å². The third-order valence-electron chi connectivity index (χ3n) is 6.21. The number of esters is 1. The minimum Gasteiger partial charge on any atom is -0.465 e. The first-order valence-corrected chi connectivity index (χ1v) is 12.1. The Morgan fingerprint density at radius 1 is 1.03 bits per heavy atom. The average Bonchev–Trinajstić information content (AvgIpc) is 3.09. The van der Waals surface area contributed by atoms with Crippen LogP contribution in [-0.4, -0.2) is 24.9 Å². The second-order valence-corrected chi connectivity index (χ2v) is 11.8. The lowest BCUT2D eigenvalue weighted by Gasteiger charge is -2.33. The Morgan fingerprint density at radius 3 is 2.30 bits per heavy atom. The third kappa shape index (κ3) is 5.46. The number of hydrogen-bond donors (Lipinski definition) is 2. The van der Waals surface area contributed by atoms with E-state index < -0.39 is 11.4 Å². The molecule has 0 bridgehead atoms. The zero-order chi connectivity index (χ0) is 24.6. The maximum Gasteiger partial charge on any atom is 0.339 e. The van der Waals surface area contributed by atoms with Gasteiger partial charge in [-0.15, -0.1) is 11.3 Å². The van der Waals surface area contributed by atoms with Crippen LogP contribution >= 0.6 is 11.3 Å². The smallest absolute Gasteiger partial charge is 0.339 e. The molecule has 1 aromatic heterocycles. The summed E-state index contributed by atoms with van der Waals surface area (Å²) in [5, 5.41) is 6.46. The number of nitrogens with one attached hydrogen (secondary N) is 2. The van der Waals surface area contributed by atoms with Crippen molar-refractivity contribution in [3.05, 3.63) is 45.8 Å². The van der Waals surface area contributed by atoms with Gasteiger partial charge in [0, 0.05) is 10.3 Å². The lowest BCUT2D eigenvalue weighted by molar-refractivity contribution is -0.123. The molecule has 0 radical (unpaired) electrons. The molecule has 3 rings (SSSR count). The van der Waals surface area contributed by atoms with Crippen LogP contribution in [0.3, 0.4) is 0 Å². The van der Waals surface area contributed by atoms with E-state index in [1.165, 1.54) is 18.4 Å². The van der Waals surface area contributed by atoms with Gasteiger partial charge >= 0.3 is 5.97 Å². The number of benzene rings is 1. The number of fused-ring (bicyclic) bond motifs is 1. The number of carbonyl (C=O) groups is 3. The van der Waals surface area contributed by atoms with Crippen molar-refractivity contribution in [1.29, 1.82) is 0 Å². The van der Waals surface area contributed by atoms with Crippen molar-refractivity contribution < 1.29 is 19.1 Å². The van der Waals surface area contributed by atoms with Crippen LogP contribution in [0.25, 0.3) is 0 Å². The topological polar surface area (TPSA) is 84.5 Å². The highest BCUT2D eigenvalue weighted by molar-refractivity contribution is 7.17. The van der Waals surface area contributed by atoms with Crippen LogP contribution in [0, 0.1) is 16.7 Å². The fourth-order valence-corrected chi connectivity index (χ4v) is 5.33. The molecule has 0 aliphatic heterocycles. The van der Waals surface area contributed by atoms with Gasteiger partial charge in [-0.1, -0.05) is 53.7 Å². The van der Waals surface area contributed by atoms with E-state index in [2.05, 4.69) is 31.4 Å². The first-order chi connectivity index (χ1) is 15.3. The normalized spacial score (nSPS) is 16.0. The lowest BCUT2D eigenvalue weighted by Crippen LogP contribution is -2.29. The predicted octanol–water partition coefficient (Wildman–Crippen LogP) is 5.92. The van der Waals surface area contributed by atoms with E-state index in [-0.39, 0.29) is 22.8 Å². The number of hydrogen-bond acceptors (Lipinski definition) is 5. The summed E-state index contributed by atoms with van der Waals surface area (Å²) in [6.07, 6.45) is 2.65. The third-order valence-corrected chi connectivity index (χ3v) is 7.38. The molecule has 0 saturated heterocycles. The van der Waals surface area contributed by atoms with Crippen molar-refractivity contribution in [3.63, 3.8) is 0 Å². The highest BCUT2D eigenvalue weighted by Crippen LogP contribution is 2.44. The van der Waals surface area contributed by atoms with Crippen molar-refractivity contribution in [1.82, 2.24) is 0 Å². The molecule has 2 aromatic rings. The predicted molar refractivity (Wildman–Crippen MR) is 133 cm³/mol. The summed E-state index contributed by atoms with van der Waals surface area (Å²) in [4.78, 5) is 39.6. The standard InChI is InChI=1S/C26H34N2O4S/c1-25(2,3)15-12-13-17-19(14-15)33-22(28-24(31)26(4,5)6)20(17)21(29)27-18-11-9-8-10-16(18)23(30)32-7/h8-11,15H,12-14H2,1-7H3,(H,27,29)(H,28,31). The molecule has 2 amide bonds. The molecule has 33 heavy (non-hydrogen) atoms. The summed E-state index contributed by atoms with van der Waals surface area (Å²) in [6.45, 7) is 12.3. The van der Waals surface area contributed by atoms with Gasteiger partial charge in [0.1, 0.15) is 5.00 Å². The Balaban J connectivity index is 2.01. The van der Waals surface area contributed by atoms with Gasteiger partial charge in [0.25, 0.3) is 5.91 Å². The number of amides is 2. The summed E-state index contributed by atoms with van der Waals surface area (Å²) >= 11 is 1.50. The molecular formula is C26H34N2O4S. The summed E-state index contributed by atoms with van der Waals surface area (Å²) in [7, 11) is 1.31. The second kappa shape index (κ2) is 9.29. The molecule has 1 aliphatic rings. The van der Waals surface area contributed by atoms with E-state index in [4.69, 9.17) is 4.74 Å². The summed E-state index contributed by atoms with van der Waals surface area (Å²) < 4.78 is 4.85. The Bertz CT molecular complexity index is 1070. The van der Waals surface area contributed by atoms with Gasteiger partial charge in [0.2, 0.25) is 5.91 Å². The zero-order valence-corrected chi connectivity index (χ0v) is 21.4. The number of methoxy groups -OCH3 is 1. The summed E-state index contributed by atoms with van der Waals surface area (Å²) in [5.74, 6) is -0.488. The van der Waals surface area contributed by atoms with Crippen LogP contribution in [0.5, 0.6) is 0 Å². The lowest BCUT2D eigenvalue weighted by atomic mass is 9.72. The maximum absolute atomic E-state index is 13.5. The molecule has 7 heteroatoms. The van der Waals surface area contributed by atoms with Crippen LogP contribution in [0.4, 0.5) is 10.7 Å². The average molecular weight is 471 g/mol. The second-order valence-electron chi connectivity index (χ2n) is 10.7. The molecule has 1 aromatic carbocycles. The zero-order valence-electron chi connectivity index (χ0n) is 20.5. The molecule has 1 heterocycles. The Hall–Kier alpha value is -2.67.